The van der Waals surface area contributed by atoms with Gasteiger partial charge in [0.05, 0.1) is 0 Å². The third-order valence-corrected chi connectivity index (χ3v) is 8.09. The Labute approximate surface area is 215 Å². The lowest BCUT2D eigenvalue weighted by atomic mass is 9.83. The Morgan fingerprint density at radius 3 is 2.19 bits per heavy atom. The van der Waals surface area contributed by atoms with Crippen LogP contribution >= 0.6 is 0 Å². The fraction of sp³-hybridized carbons (Fsp3) is 0.577. The Bertz CT molecular complexity index is 1110. The summed E-state index contributed by atoms with van der Waals surface area (Å²) in [6.45, 7) is 6.37. The summed E-state index contributed by atoms with van der Waals surface area (Å²) in [6, 6.07) is 4.36. The fourth-order valence-corrected chi connectivity index (χ4v) is 6.75. The van der Waals surface area contributed by atoms with E-state index in [9.17, 15) is 4.79 Å². The fourth-order valence-electron chi connectivity index (χ4n) is 6.75. The minimum absolute atomic E-state index is 0.250. The van der Waals surface area contributed by atoms with E-state index < -0.39 is 0 Å². The van der Waals surface area contributed by atoms with E-state index in [0.29, 0.717) is 17.8 Å². The molecule has 4 aliphatic rings. The number of rotatable bonds is 4. The highest BCUT2D eigenvalue weighted by Gasteiger charge is 2.37. The second-order valence-electron chi connectivity index (χ2n) is 10.5. The molecule has 2 saturated heterocycles. The number of anilines is 1. The quantitative estimate of drug-likeness (QED) is 0.513. The molecule has 0 amide bonds. The number of piperidine rings is 1. The molecule has 2 aromatic heterocycles. The molecule has 4 atom stereocenters. The molecule has 11 heteroatoms. The second kappa shape index (κ2) is 12.3. The lowest BCUT2D eigenvalue weighted by Crippen LogP contribution is -2.47. The molecule has 0 radical (unpaired) electrons. The average Bonchev–Trinajstić information content (AvgIpc) is 3.46. The smallest absolute Gasteiger partial charge is 0.290 e. The summed E-state index contributed by atoms with van der Waals surface area (Å²) < 4.78 is 2.11. The van der Waals surface area contributed by atoms with Crippen LogP contribution < -0.4 is 11.3 Å². The van der Waals surface area contributed by atoms with E-state index in [1.807, 2.05) is 12.4 Å². The van der Waals surface area contributed by atoms with Gasteiger partial charge in [0.25, 0.3) is 18.5 Å². The maximum Gasteiger partial charge on any atom is 0.290 e. The monoisotopic (exact) mass is 512 g/mol. The van der Waals surface area contributed by atoms with Gasteiger partial charge in [-0.3, -0.25) is 24.2 Å². The molecule has 6 rings (SSSR count). The minimum Gasteiger partial charge on any atom is -0.483 e. The average molecular weight is 513 g/mol. The van der Waals surface area contributed by atoms with Crippen LogP contribution in [0.25, 0.3) is 0 Å². The predicted molar refractivity (Wildman–Crippen MR) is 137 cm³/mol. The summed E-state index contributed by atoms with van der Waals surface area (Å²) in [7, 11) is 0. The van der Waals surface area contributed by atoms with Crippen LogP contribution in [0.15, 0.2) is 29.3 Å². The number of nitrogens with zero attached hydrogens (tertiary/aromatic N) is 5. The summed E-state index contributed by atoms with van der Waals surface area (Å²) in [4.78, 5) is 43.4. The van der Waals surface area contributed by atoms with E-state index in [1.165, 1.54) is 44.5 Å². The van der Waals surface area contributed by atoms with Crippen LogP contribution in [0, 0.1) is 17.8 Å². The Kier molecular flexibility index (Phi) is 8.88. The van der Waals surface area contributed by atoms with Crippen molar-refractivity contribution in [2.45, 2.75) is 51.2 Å². The molecular formula is C26H36N6O5. The minimum atomic E-state index is -0.250. The highest BCUT2D eigenvalue weighted by molar-refractivity contribution is 5.33. The van der Waals surface area contributed by atoms with E-state index in [-0.39, 0.29) is 18.5 Å². The van der Waals surface area contributed by atoms with Gasteiger partial charge in [0.2, 0.25) is 5.95 Å². The van der Waals surface area contributed by atoms with Crippen molar-refractivity contribution < 1.29 is 19.8 Å². The first-order chi connectivity index (χ1) is 17.9. The summed E-state index contributed by atoms with van der Waals surface area (Å²) in [5.74, 6) is 3.02. The zero-order valence-corrected chi connectivity index (χ0v) is 21.0. The third kappa shape index (κ3) is 6.34. The molecule has 0 spiro atoms. The largest absolute Gasteiger partial charge is 0.483 e. The number of carbonyl (C=O) groups is 2. The van der Waals surface area contributed by atoms with E-state index >= 15 is 0 Å². The molecule has 3 aliphatic heterocycles. The van der Waals surface area contributed by atoms with E-state index in [0.717, 1.165) is 55.7 Å². The molecule has 4 N–H and O–H groups in total. The number of hydrogen-bond acceptors (Lipinski definition) is 8. The predicted octanol–water partition coefficient (Wildman–Crippen LogP) is 1.47. The molecule has 0 aromatic carbocycles. The molecule has 37 heavy (non-hydrogen) atoms. The topological polar surface area (TPSA) is 155 Å². The van der Waals surface area contributed by atoms with Gasteiger partial charge in [-0.1, -0.05) is 12.5 Å². The number of nitrogen functional groups attached to an aromatic ring is 1. The van der Waals surface area contributed by atoms with Crippen LogP contribution in [0.3, 0.4) is 0 Å². The summed E-state index contributed by atoms with van der Waals surface area (Å²) in [6.07, 6.45) is 8.99. The van der Waals surface area contributed by atoms with Crippen molar-refractivity contribution in [1.29, 1.82) is 0 Å². The molecular weight excluding hydrogens is 476 g/mol. The molecule has 0 unspecified atom stereocenters. The molecule has 2 bridgehead atoms. The Morgan fingerprint density at radius 1 is 0.919 bits per heavy atom. The van der Waals surface area contributed by atoms with E-state index in [4.69, 9.17) is 25.5 Å². The van der Waals surface area contributed by atoms with E-state index in [2.05, 4.69) is 36.5 Å². The van der Waals surface area contributed by atoms with Gasteiger partial charge in [0, 0.05) is 80.9 Å². The summed E-state index contributed by atoms with van der Waals surface area (Å²) in [5.41, 5.74) is 9.18. The molecule has 1 saturated carbocycles. The first kappa shape index (κ1) is 26.7. The van der Waals surface area contributed by atoms with Crippen molar-refractivity contribution in [3.05, 3.63) is 51.7 Å². The Balaban J connectivity index is 0.000000489. The molecule has 2 aromatic rings. The van der Waals surface area contributed by atoms with Crippen molar-refractivity contribution in [3.63, 3.8) is 0 Å². The van der Waals surface area contributed by atoms with Crippen molar-refractivity contribution >= 4 is 18.9 Å². The normalized spacial score (nSPS) is 26.1. The second-order valence-corrected chi connectivity index (χ2v) is 10.5. The van der Waals surface area contributed by atoms with Gasteiger partial charge in [-0.15, -0.1) is 0 Å². The number of carboxylic acid groups (broad SMARTS) is 2. The van der Waals surface area contributed by atoms with Crippen LogP contribution in [0.2, 0.25) is 0 Å². The maximum atomic E-state index is 13.4. The number of likely N-dealkylation sites (tertiary alicyclic amines) is 2. The first-order valence-electron chi connectivity index (χ1n) is 12.8. The molecule has 11 nitrogen and oxygen atoms in total. The molecule has 200 valence electrons. The zero-order chi connectivity index (χ0) is 26.4. The van der Waals surface area contributed by atoms with Crippen molar-refractivity contribution in [2.24, 2.45) is 17.8 Å². The van der Waals surface area contributed by atoms with Gasteiger partial charge in [-0.25, -0.2) is 9.97 Å². The maximum absolute atomic E-state index is 13.4. The van der Waals surface area contributed by atoms with Crippen molar-refractivity contribution in [2.75, 3.05) is 31.9 Å². The highest BCUT2D eigenvalue weighted by atomic mass is 16.3. The summed E-state index contributed by atoms with van der Waals surface area (Å²) in [5, 5.41) is 13.8. The number of fused-ring (bicyclic) bond motifs is 5. The lowest BCUT2D eigenvalue weighted by molar-refractivity contribution is -0.123. The number of hydrogen-bond donors (Lipinski definition) is 3. The van der Waals surface area contributed by atoms with Gasteiger partial charge >= 0.3 is 0 Å². The third-order valence-electron chi connectivity index (χ3n) is 8.09. The molecule has 5 heterocycles. The van der Waals surface area contributed by atoms with Crippen LogP contribution in [-0.4, -0.2) is 73.7 Å². The lowest BCUT2D eigenvalue weighted by Gasteiger charge is -2.43. The number of nitrogens with two attached hydrogens (primary N) is 1. The number of aromatic nitrogens is 3. The highest BCUT2D eigenvalue weighted by Crippen LogP contribution is 2.38. The zero-order valence-electron chi connectivity index (χ0n) is 21.0. The van der Waals surface area contributed by atoms with Crippen molar-refractivity contribution in [3.8, 4) is 0 Å². The van der Waals surface area contributed by atoms with Crippen LogP contribution in [0.1, 0.15) is 48.4 Å². The van der Waals surface area contributed by atoms with Gasteiger partial charge in [-0.05, 0) is 43.1 Å². The molecule has 1 aliphatic carbocycles. The Hall–Kier alpha value is -3.31. The SMILES string of the molecule is Nc1ncc(CN2C[C@@H]3C[C@H](C2)c2ccc(CN4C[C@H]5CCC[C@H]5C4)c(=O)n2C3)cn1.O=CO.O=CO. The van der Waals surface area contributed by atoms with Crippen LogP contribution in [0.5, 0.6) is 0 Å². The van der Waals surface area contributed by atoms with Crippen LogP contribution in [-0.2, 0) is 29.2 Å². The van der Waals surface area contributed by atoms with Gasteiger partial charge in [0.15, 0.2) is 0 Å². The number of pyridine rings is 1. The Morgan fingerprint density at radius 2 is 1.54 bits per heavy atom. The van der Waals surface area contributed by atoms with Crippen LogP contribution in [0.4, 0.5) is 5.95 Å². The van der Waals surface area contributed by atoms with Gasteiger partial charge in [-0.2, -0.15) is 0 Å². The molecule has 3 fully saturated rings. The summed E-state index contributed by atoms with van der Waals surface area (Å²) >= 11 is 0. The van der Waals surface area contributed by atoms with E-state index in [1.54, 1.807) is 0 Å². The van der Waals surface area contributed by atoms with Gasteiger partial charge in [0.1, 0.15) is 0 Å². The standard InChI is InChI=1S/C24H32N6O.2CH2O2/c25-24-26-7-17(8-27-24)10-28-9-16-6-21(15-28)22-5-4-20(23(31)30(22)11-16)14-29-12-18-2-1-3-19(18)13-29;2*2-1-3/h4-5,7-8,16,18-19,21H,1-3,6,9-15H2,(H2,25,26,27);2*1H,(H,2,3)/t16-,18-,19+,21+;;/m0../s1. The van der Waals surface area contributed by atoms with Gasteiger partial charge < -0.3 is 20.5 Å². The van der Waals surface area contributed by atoms with Crippen molar-refractivity contribution in [1.82, 2.24) is 24.3 Å². The first-order valence-corrected chi connectivity index (χ1v) is 12.8.